The van der Waals surface area contributed by atoms with E-state index in [9.17, 15) is 40.9 Å². The fraction of sp³-hybridized carbons (Fsp3) is 1.00. The van der Waals surface area contributed by atoms with Gasteiger partial charge in [-0.15, -0.1) is 0 Å². The van der Waals surface area contributed by atoms with Gasteiger partial charge in [-0.05, 0) is 73.5 Å². The van der Waals surface area contributed by atoms with Gasteiger partial charge in [-0.1, -0.05) is 27.7 Å². The van der Waals surface area contributed by atoms with Crippen LogP contribution in [0.5, 0.6) is 0 Å². The average molecular weight is 659 g/mol. The minimum atomic E-state index is -1.52. The summed E-state index contributed by atoms with van der Waals surface area (Å²) in [4.78, 5) is 0. The number of hydrogen-bond acceptors (Lipinski definition) is 12. The lowest BCUT2D eigenvalue weighted by atomic mass is 9.41. The molecule has 0 aromatic rings. The second-order valence-electron chi connectivity index (χ2n) is 16.3. The minimum Gasteiger partial charge on any atom is -0.394 e. The van der Waals surface area contributed by atoms with E-state index in [4.69, 9.17) is 18.9 Å². The Labute approximate surface area is 272 Å². The first kappa shape index (κ1) is 35.3. The summed E-state index contributed by atoms with van der Waals surface area (Å²) in [5.74, 6) is 0.313. The lowest BCUT2D eigenvalue weighted by Crippen LogP contribution is -2.73. The Balaban J connectivity index is 1.11. The maximum Gasteiger partial charge on any atom is 0.186 e. The van der Waals surface area contributed by atoms with Crippen molar-refractivity contribution < 1.29 is 59.8 Å². The van der Waals surface area contributed by atoms with E-state index in [1.165, 1.54) is 0 Å². The van der Waals surface area contributed by atoms with Gasteiger partial charge in [-0.2, -0.15) is 0 Å². The SMILES string of the molecule is COC1(CCC(C)CO[C@@H]2O[C@H](CO)[C@@H](O)[C@H](O)[C@H]2O)O[C@H]2C[C@H]3[C@@H]4CC[C@]5(O)[C@@H](O)[C@@H](O)C[C@@H](O)[C@]5(C)[C@H]4CC[C@]3(C)[C@H]2[C@@H]1C. The van der Waals surface area contributed by atoms with E-state index in [2.05, 4.69) is 13.8 Å². The van der Waals surface area contributed by atoms with Crippen LogP contribution in [0.1, 0.15) is 79.1 Å². The Hall–Kier alpha value is -0.480. The molecule has 8 N–H and O–H groups in total. The normalized spacial score (nSPS) is 57.3. The molecule has 6 aliphatic rings. The van der Waals surface area contributed by atoms with Crippen LogP contribution >= 0.6 is 0 Å². The molecule has 0 amide bonds. The zero-order chi connectivity index (χ0) is 33.6. The van der Waals surface area contributed by atoms with Crippen molar-refractivity contribution in [3.05, 3.63) is 0 Å². The van der Waals surface area contributed by atoms with Gasteiger partial charge >= 0.3 is 0 Å². The van der Waals surface area contributed by atoms with Gasteiger partial charge in [0.2, 0.25) is 0 Å². The molecule has 46 heavy (non-hydrogen) atoms. The first-order valence-corrected chi connectivity index (χ1v) is 17.5. The van der Waals surface area contributed by atoms with Crippen LogP contribution in [0.25, 0.3) is 0 Å². The lowest BCUT2D eigenvalue weighted by Gasteiger charge is -2.66. The van der Waals surface area contributed by atoms with Gasteiger partial charge in [0.25, 0.3) is 0 Å². The van der Waals surface area contributed by atoms with Crippen molar-refractivity contribution in [2.75, 3.05) is 20.3 Å². The third kappa shape index (κ3) is 4.99. The second-order valence-corrected chi connectivity index (χ2v) is 16.3. The summed E-state index contributed by atoms with van der Waals surface area (Å²) in [6, 6.07) is 0. The summed E-state index contributed by atoms with van der Waals surface area (Å²) in [6.45, 7) is 8.29. The summed E-state index contributed by atoms with van der Waals surface area (Å²) < 4.78 is 24.4. The first-order chi connectivity index (χ1) is 21.6. The molecular formula is C34H58O12. The van der Waals surface area contributed by atoms with Gasteiger partial charge in [0, 0.05) is 31.3 Å². The summed E-state index contributed by atoms with van der Waals surface area (Å²) in [5.41, 5.74) is -2.43. The first-order valence-electron chi connectivity index (χ1n) is 17.5. The number of rotatable bonds is 8. The van der Waals surface area contributed by atoms with Crippen LogP contribution in [0.4, 0.5) is 0 Å². The highest BCUT2D eigenvalue weighted by atomic mass is 16.7. The molecule has 12 heteroatoms. The second kappa shape index (κ2) is 12.4. The molecule has 266 valence electrons. The number of hydrogen-bond donors (Lipinski definition) is 8. The molecule has 0 radical (unpaired) electrons. The van der Waals surface area contributed by atoms with Gasteiger partial charge in [0.05, 0.1) is 31.5 Å². The average Bonchev–Trinajstić information content (AvgIpc) is 3.49. The zero-order valence-corrected chi connectivity index (χ0v) is 27.9. The molecule has 0 spiro atoms. The molecule has 0 aromatic heterocycles. The number of fused-ring (bicyclic) bond motifs is 7. The number of aliphatic hydroxyl groups is 8. The molecule has 0 bridgehead atoms. The lowest BCUT2D eigenvalue weighted by molar-refractivity contribution is -0.303. The summed E-state index contributed by atoms with van der Waals surface area (Å²) in [5, 5.41) is 84.4. The van der Waals surface area contributed by atoms with Crippen LogP contribution in [0.3, 0.4) is 0 Å². The van der Waals surface area contributed by atoms with Crippen molar-refractivity contribution in [2.45, 2.75) is 146 Å². The van der Waals surface area contributed by atoms with Crippen LogP contribution in [0.2, 0.25) is 0 Å². The highest BCUT2D eigenvalue weighted by Gasteiger charge is 2.73. The van der Waals surface area contributed by atoms with Crippen LogP contribution in [0, 0.1) is 46.3 Å². The molecule has 4 aliphatic carbocycles. The fourth-order valence-corrected chi connectivity index (χ4v) is 11.6. The standard InChI is InChI=1S/C34H58O12/c1-16(15-44-30-28(40)27(39)26(38)23(14-35)45-30)6-11-34(43-5)17(2)25-22(46-34)12-20-18-7-10-33(42)29(41)21(36)13-24(37)32(33,4)19(18)8-9-31(20,25)3/h16-30,35-42H,6-15H2,1-5H3/t16?,17-,18+,19-,20-,21-,22-,23+,24+,25-,26+,27-,28+,29-,30+,31-,32-,33-,34?/m0/s1. The zero-order valence-electron chi connectivity index (χ0n) is 27.9. The van der Waals surface area contributed by atoms with E-state index < -0.39 is 72.4 Å². The largest absolute Gasteiger partial charge is 0.394 e. The highest BCUT2D eigenvalue weighted by molar-refractivity contribution is 5.21. The molecule has 6 rings (SSSR count). The van der Waals surface area contributed by atoms with Crippen molar-refractivity contribution in [1.29, 1.82) is 0 Å². The van der Waals surface area contributed by atoms with Crippen LogP contribution in [-0.2, 0) is 18.9 Å². The van der Waals surface area contributed by atoms with Crippen molar-refractivity contribution >= 4 is 0 Å². The predicted molar refractivity (Wildman–Crippen MR) is 163 cm³/mol. The fourth-order valence-electron chi connectivity index (χ4n) is 11.6. The summed E-state index contributed by atoms with van der Waals surface area (Å²) in [6.07, 6.45) is -4.66. The van der Waals surface area contributed by atoms with Crippen LogP contribution in [-0.4, -0.2) is 128 Å². The third-order valence-corrected chi connectivity index (χ3v) is 14.4. The van der Waals surface area contributed by atoms with Gasteiger partial charge < -0.3 is 59.8 Å². The topological polar surface area (TPSA) is 199 Å². The van der Waals surface area contributed by atoms with Gasteiger partial charge in [0.15, 0.2) is 12.1 Å². The molecular weight excluding hydrogens is 600 g/mol. The van der Waals surface area contributed by atoms with E-state index in [1.54, 1.807) is 7.11 Å². The number of methoxy groups -OCH3 is 1. The molecule has 12 nitrogen and oxygen atoms in total. The van der Waals surface area contributed by atoms with E-state index in [1.807, 2.05) is 13.8 Å². The van der Waals surface area contributed by atoms with Crippen molar-refractivity contribution in [1.82, 2.24) is 0 Å². The van der Waals surface area contributed by atoms with E-state index in [-0.39, 0.29) is 54.1 Å². The molecule has 2 saturated heterocycles. The summed E-state index contributed by atoms with van der Waals surface area (Å²) in [7, 11) is 1.70. The molecule has 4 saturated carbocycles. The van der Waals surface area contributed by atoms with E-state index >= 15 is 0 Å². The Morgan fingerprint density at radius 1 is 0.935 bits per heavy atom. The van der Waals surface area contributed by atoms with Crippen molar-refractivity contribution in [2.24, 2.45) is 46.3 Å². The Bertz CT molecular complexity index is 1090. The van der Waals surface area contributed by atoms with Crippen molar-refractivity contribution in [3.63, 3.8) is 0 Å². The minimum absolute atomic E-state index is 0.00701. The smallest absolute Gasteiger partial charge is 0.186 e. The maximum absolute atomic E-state index is 11.8. The summed E-state index contributed by atoms with van der Waals surface area (Å²) >= 11 is 0. The van der Waals surface area contributed by atoms with E-state index in [0.717, 1.165) is 25.7 Å². The molecule has 0 aromatic carbocycles. The third-order valence-electron chi connectivity index (χ3n) is 14.4. The number of ether oxygens (including phenoxy) is 4. The van der Waals surface area contributed by atoms with Crippen LogP contribution < -0.4 is 0 Å². The molecule has 2 aliphatic heterocycles. The monoisotopic (exact) mass is 658 g/mol. The van der Waals surface area contributed by atoms with Crippen LogP contribution in [0.15, 0.2) is 0 Å². The molecule has 6 fully saturated rings. The quantitative estimate of drug-likeness (QED) is 0.178. The van der Waals surface area contributed by atoms with E-state index in [0.29, 0.717) is 25.2 Å². The van der Waals surface area contributed by atoms with Gasteiger partial charge in [-0.3, -0.25) is 0 Å². The van der Waals surface area contributed by atoms with Crippen molar-refractivity contribution in [3.8, 4) is 0 Å². The molecule has 2 unspecified atom stereocenters. The maximum atomic E-state index is 11.8. The van der Waals surface area contributed by atoms with Gasteiger partial charge in [0.1, 0.15) is 36.1 Å². The number of aliphatic hydroxyl groups excluding tert-OH is 7. The predicted octanol–water partition coefficient (Wildman–Crippen LogP) is 0.283. The molecule has 2 heterocycles. The van der Waals surface area contributed by atoms with Gasteiger partial charge in [-0.25, -0.2) is 0 Å². The molecule has 19 atom stereocenters. The Morgan fingerprint density at radius 3 is 2.33 bits per heavy atom. The Morgan fingerprint density at radius 2 is 1.65 bits per heavy atom. The Kier molecular flexibility index (Phi) is 9.52. The highest BCUT2D eigenvalue weighted by Crippen LogP contribution is 2.71.